The van der Waals surface area contributed by atoms with Gasteiger partial charge in [-0.3, -0.25) is 5.32 Å². The predicted octanol–water partition coefficient (Wildman–Crippen LogP) is 4.03. The van der Waals surface area contributed by atoms with Crippen LogP contribution in [0.3, 0.4) is 0 Å². The van der Waals surface area contributed by atoms with Crippen LogP contribution in [0.25, 0.3) is 0 Å². The number of anilines is 1. The van der Waals surface area contributed by atoms with Gasteiger partial charge in [-0.2, -0.15) is 5.10 Å². The van der Waals surface area contributed by atoms with E-state index >= 15 is 0 Å². The Morgan fingerprint density at radius 2 is 2.04 bits per heavy atom. The summed E-state index contributed by atoms with van der Waals surface area (Å²) < 4.78 is 7.31. The van der Waals surface area contributed by atoms with Crippen LogP contribution in [-0.4, -0.2) is 38.7 Å². The van der Waals surface area contributed by atoms with Gasteiger partial charge in [0.15, 0.2) is 0 Å². The van der Waals surface area contributed by atoms with E-state index in [0.29, 0.717) is 12.2 Å². The van der Waals surface area contributed by atoms with Gasteiger partial charge in [-0.15, -0.1) is 0 Å². The highest BCUT2D eigenvalue weighted by molar-refractivity contribution is 5.81. The van der Waals surface area contributed by atoms with Crippen LogP contribution in [0.5, 0.6) is 0 Å². The zero-order chi connectivity index (χ0) is 19.8. The second-order valence-corrected chi connectivity index (χ2v) is 9.04. The van der Waals surface area contributed by atoms with E-state index in [0.717, 1.165) is 37.8 Å². The number of carbonyl (C=O) groups is 2. The molecule has 2 amide bonds. The van der Waals surface area contributed by atoms with Crippen molar-refractivity contribution < 1.29 is 19.4 Å². The van der Waals surface area contributed by atoms with Crippen LogP contribution in [0.4, 0.5) is 15.4 Å². The average molecular weight is 378 g/mol. The van der Waals surface area contributed by atoms with Gasteiger partial charge in [0.25, 0.3) is 0 Å². The van der Waals surface area contributed by atoms with E-state index in [4.69, 9.17) is 9.84 Å². The average Bonchev–Trinajstić information content (AvgIpc) is 3.11. The molecule has 2 saturated carbocycles. The molecule has 0 unspecified atom stereocenters. The lowest BCUT2D eigenvalue weighted by atomic mass is 9.79. The molecule has 0 aromatic carbocycles. The summed E-state index contributed by atoms with van der Waals surface area (Å²) in [6.07, 6.45) is 3.93. The van der Waals surface area contributed by atoms with E-state index in [1.807, 2.05) is 27.7 Å². The van der Waals surface area contributed by atoms with Crippen molar-refractivity contribution in [1.82, 2.24) is 15.1 Å². The molecule has 2 aliphatic rings. The van der Waals surface area contributed by atoms with Crippen LogP contribution in [0.15, 0.2) is 6.07 Å². The molecule has 3 rings (SSSR count). The van der Waals surface area contributed by atoms with Gasteiger partial charge in [0.2, 0.25) is 0 Å². The zero-order valence-electron chi connectivity index (χ0n) is 16.5. The van der Waals surface area contributed by atoms with E-state index < -0.39 is 6.09 Å². The minimum atomic E-state index is -1.11. The summed E-state index contributed by atoms with van der Waals surface area (Å²) in [6.45, 7) is 7.97. The zero-order valence-corrected chi connectivity index (χ0v) is 16.5. The van der Waals surface area contributed by atoms with Crippen molar-refractivity contribution in [2.45, 2.75) is 89.3 Å². The normalized spacial score (nSPS) is 24.1. The second kappa shape index (κ2) is 7.05. The van der Waals surface area contributed by atoms with Crippen molar-refractivity contribution in [1.29, 1.82) is 0 Å². The quantitative estimate of drug-likeness (QED) is 0.733. The van der Waals surface area contributed by atoms with Gasteiger partial charge in [0.05, 0.1) is 11.2 Å². The molecule has 0 spiro atoms. The SMILES string of the molecule is CC1(NC(=O)O[C@@H]2CC[C@H](c3cc(NC(=O)O)n(C(C)(C)C)n3)C2)CCC1. The molecule has 2 atom stereocenters. The maximum atomic E-state index is 12.1. The Balaban J connectivity index is 1.63. The van der Waals surface area contributed by atoms with Gasteiger partial charge < -0.3 is 15.2 Å². The Kier molecular flexibility index (Phi) is 5.10. The number of ether oxygens (including phenoxy) is 1. The molecular formula is C19H30N4O4. The highest BCUT2D eigenvalue weighted by Gasteiger charge is 2.36. The summed E-state index contributed by atoms with van der Waals surface area (Å²) in [5, 5.41) is 19.1. The molecule has 0 bridgehead atoms. The van der Waals surface area contributed by atoms with Crippen molar-refractivity contribution >= 4 is 18.0 Å². The predicted molar refractivity (Wildman–Crippen MR) is 101 cm³/mol. The molecule has 1 heterocycles. The molecule has 8 heteroatoms. The molecule has 1 aromatic rings. The minimum absolute atomic E-state index is 0.113. The van der Waals surface area contributed by atoms with Crippen molar-refractivity contribution in [2.24, 2.45) is 0 Å². The Morgan fingerprint density at radius 1 is 1.33 bits per heavy atom. The van der Waals surface area contributed by atoms with Gasteiger partial charge >= 0.3 is 12.2 Å². The Bertz CT molecular complexity index is 718. The molecule has 2 aliphatic carbocycles. The fourth-order valence-corrected chi connectivity index (χ4v) is 3.88. The van der Waals surface area contributed by atoms with Gasteiger partial charge in [-0.25, -0.2) is 14.3 Å². The van der Waals surface area contributed by atoms with Crippen LogP contribution < -0.4 is 10.6 Å². The van der Waals surface area contributed by atoms with Gasteiger partial charge in [0, 0.05) is 17.5 Å². The van der Waals surface area contributed by atoms with Crippen molar-refractivity contribution in [2.75, 3.05) is 5.32 Å². The van der Waals surface area contributed by atoms with Crippen molar-refractivity contribution in [3.05, 3.63) is 11.8 Å². The fraction of sp³-hybridized carbons (Fsp3) is 0.737. The molecule has 8 nitrogen and oxygen atoms in total. The smallest absolute Gasteiger partial charge is 0.410 e. The van der Waals surface area contributed by atoms with Crippen LogP contribution in [-0.2, 0) is 10.3 Å². The number of carboxylic acid groups (broad SMARTS) is 1. The minimum Gasteiger partial charge on any atom is -0.465 e. The van der Waals surface area contributed by atoms with Crippen LogP contribution >= 0.6 is 0 Å². The molecule has 0 radical (unpaired) electrons. The molecule has 1 aromatic heterocycles. The Labute approximate surface area is 159 Å². The maximum absolute atomic E-state index is 12.1. The monoisotopic (exact) mass is 378 g/mol. The van der Waals surface area contributed by atoms with Gasteiger partial charge in [-0.05, 0) is 66.2 Å². The number of nitrogens with zero attached hydrogens (tertiary/aromatic N) is 2. The molecule has 3 N–H and O–H groups in total. The highest BCUT2D eigenvalue weighted by Crippen LogP contribution is 2.38. The van der Waals surface area contributed by atoms with E-state index in [-0.39, 0.29) is 29.2 Å². The number of nitrogens with one attached hydrogen (secondary N) is 2. The number of rotatable bonds is 4. The third-order valence-corrected chi connectivity index (χ3v) is 5.54. The summed E-state index contributed by atoms with van der Waals surface area (Å²) in [7, 11) is 0. The third kappa shape index (κ3) is 4.54. The molecule has 150 valence electrons. The van der Waals surface area contributed by atoms with Gasteiger partial charge in [-0.1, -0.05) is 0 Å². The summed E-state index contributed by atoms with van der Waals surface area (Å²) in [5.74, 6) is 0.616. The molecule has 0 saturated heterocycles. The summed E-state index contributed by atoms with van der Waals surface area (Å²) >= 11 is 0. The lowest BCUT2D eigenvalue weighted by Crippen LogP contribution is -2.51. The molecule has 2 fully saturated rings. The molecule has 27 heavy (non-hydrogen) atoms. The largest absolute Gasteiger partial charge is 0.465 e. The molecule has 0 aliphatic heterocycles. The van der Waals surface area contributed by atoms with Gasteiger partial charge in [0.1, 0.15) is 11.9 Å². The number of hydrogen-bond donors (Lipinski definition) is 3. The van der Waals surface area contributed by atoms with E-state index in [9.17, 15) is 9.59 Å². The number of aromatic nitrogens is 2. The number of carbonyl (C=O) groups excluding carboxylic acids is 1. The maximum Gasteiger partial charge on any atom is 0.410 e. The number of hydrogen-bond acceptors (Lipinski definition) is 4. The second-order valence-electron chi connectivity index (χ2n) is 9.04. The Hall–Kier alpha value is -2.25. The van der Waals surface area contributed by atoms with Crippen molar-refractivity contribution in [3.63, 3.8) is 0 Å². The lowest BCUT2D eigenvalue weighted by molar-refractivity contribution is 0.0813. The summed E-state index contributed by atoms with van der Waals surface area (Å²) in [4.78, 5) is 23.2. The number of amides is 2. The molecular weight excluding hydrogens is 348 g/mol. The summed E-state index contributed by atoms with van der Waals surface area (Å²) in [6, 6.07) is 1.79. The van der Waals surface area contributed by atoms with Crippen molar-refractivity contribution in [3.8, 4) is 0 Å². The topological polar surface area (TPSA) is 105 Å². The highest BCUT2D eigenvalue weighted by atomic mass is 16.6. The van der Waals surface area contributed by atoms with Crippen LogP contribution in [0.2, 0.25) is 0 Å². The first kappa shape index (κ1) is 19.5. The van der Waals surface area contributed by atoms with E-state index in [2.05, 4.69) is 15.7 Å². The lowest BCUT2D eigenvalue weighted by Gasteiger charge is -2.38. The first-order valence-electron chi connectivity index (χ1n) is 9.65. The van der Waals surface area contributed by atoms with Crippen LogP contribution in [0, 0.1) is 0 Å². The summed E-state index contributed by atoms with van der Waals surface area (Å²) in [5.41, 5.74) is 0.381. The number of alkyl carbamates (subject to hydrolysis) is 1. The first-order chi connectivity index (χ1) is 12.6. The van der Waals surface area contributed by atoms with E-state index in [1.165, 1.54) is 0 Å². The third-order valence-electron chi connectivity index (χ3n) is 5.54. The standard InChI is InChI=1S/C19H30N4O4/c1-18(2,3)23-15(20-16(24)25)11-14(22-23)12-6-7-13(10-12)27-17(26)21-19(4)8-5-9-19/h11-13,20H,5-10H2,1-4H3,(H,21,26)(H,24,25)/t12-,13+/m0/s1. The fourth-order valence-electron chi connectivity index (χ4n) is 3.88. The van der Waals surface area contributed by atoms with E-state index in [1.54, 1.807) is 10.7 Å². The Morgan fingerprint density at radius 3 is 2.59 bits per heavy atom. The van der Waals surface area contributed by atoms with Crippen LogP contribution in [0.1, 0.15) is 77.8 Å². The first-order valence-corrected chi connectivity index (χ1v) is 9.65.